The van der Waals surface area contributed by atoms with Gasteiger partial charge in [0.05, 0.1) is 32.6 Å². The van der Waals surface area contributed by atoms with Crippen molar-refractivity contribution in [2.75, 3.05) is 0 Å². The molecular formula is C14H8Cl3FN2. The van der Waals surface area contributed by atoms with E-state index in [4.69, 9.17) is 34.8 Å². The Balaban J connectivity index is 2.39. The van der Waals surface area contributed by atoms with Crippen LogP contribution in [0.3, 0.4) is 0 Å². The number of fused-ring (bicyclic) bond motifs is 1. The number of para-hydroxylation sites is 1. The zero-order valence-corrected chi connectivity index (χ0v) is 12.3. The highest BCUT2D eigenvalue weighted by atomic mass is 35.5. The Morgan fingerprint density at radius 2 is 1.90 bits per heavy atom. The zero-order valence-electron chi connectivity index (χ0n) is 10.1. The summed E-state index contributed by atoms with van der Waals surface area (Å²) in [5.41, 5.74) is 2.02. The maximum atomic E-state index is 13.2. The summed E-state index contributed by atoms with van der Waals surface area (Å²) in [7, 11) is 0. The number of imidazole rings is 1. The third kappa shape index (κ3) is 2.16. The van der Waals surface area contributed by atoms with Crippen molar-refractivity contribution in [3.8, 4) is 5.69 Å². The van der Waals surface area contributed by atoms with Gasteiger partial charge in [0.25, 0.3) is 0 Å². The standard InChI is InChI=1S/C14H8Cl3FN2/c15-7-13-19-11-3-1-2-9(16)14(11)20(13)12-5-4-8(18)6-10(12)17/h1-6H,7H2. The highest BCUT2D eigenvalue weighted by Gasteiger charge is 2.16. The number of alkyl halides is 1. The molecule has 2 nitrogen and oxygen atoms in total. The van der Waals surface area contributed by atoms with Crippen molar-refractivity contribution in [1.29, 1.82) is 0 Å². The van der Waals surface area contributed by atoms with Crippen LogP contribution in [0.5, 0.6) is 0 Å². The van der Waals surface area contributed by atoms with Crippen LogP contribution in [0.15, 0.2) is 36.4 Å². The van der Waals surface area contributed by atoms with E-state index in [0.29, 0.717) is 27.6 Å². The number of aromatic nitrogens is 2. The Labute approximate surface area is 129 Å². The summed E-state index contributed by atoms with van der Waals surface area (Å²) in [6.45, 7) is 0. The largest absolute Gasteiger partial charge is 0.292 e. The topological polar surface area (TPSA) is 17.8 Å². The minimum atomic E-state index is -0.401. The van der Waals surface area contributed by atoms with E-state index in [-0.39, 0.29) is 10.9 Å². The Morgan fingerprint density at radius 3 is 2.60 bits per heavy atom. The molecule has 1 aromatic heterocycles. The smallest absolute Gasteiger partial charge is 0.129 e. The van der Waals surface area contributed by atoms with Gasteiger partial charge in [-0.15, -0.1) is 11.6 Å². The second-order valence-corrected chi connectivity index (χ2v) is 5.28. The predicted molar refractivity (Wildman–Crippen MR) is 80.6 cm³/mol. The Bertz CT molecular complexity index is 798. The average Bonchev–Trinajstić information content (AvgIpc) is 2.79. The summed E-state index contributed by atoms with van der Waals surface area (Å²) in [5, 5.41) is 0.808. The molecule has 0 bridgehead atoms. The molecule has 0 radical (unpaired) electrons. The Kier molecular flexibility index (Phi) is 3.59. The van der Waals surface area contributed by atoms with Crippen molar-refractivity contribution in [3.63, 3.8) is 0 Å². The fourth-order valence-corrected chi connectivity index (χ4v) is 2.83. The summed E-state index contributed by atoms with van der Waals surface area (Å²) in [6.07, 6.45) is 0. The average molecular weight is 330 g/mol. The van der Waals surface area contributed by atoms with Gasteiger partial charge in [-0.25, -0.2) is 9.37 Å². The molecule has 0 aliphatic carbocycles. The van der Waals surface area contributed by atoms with Gasteiger partial charge in [-0.2, -0.15) is 0 Å². The SMILES string of the molecule is Fc1ccc(-n2c(CCl)nc3cccc(Cl)c32)c(Cl)c1. The number of hydrogen-bond acceptors (Lipinski definition) is 1. The van der Waals surface area contributed by atoms with Crippen LogP contribution < -0.4 is 0 Å². The molecule has 0 saturated heterocycles. The van der Waals surface area contributed by atoms with Crippen molar-refractivity contribution < 1.29 is 4.39 Å². The number of benzene rings is 2. The Morgan fingerprint density at radius 1 is 1.10 bits per heavy atom. The molecule has 0 atom stereocenters. The third-order valence-electron chi connectivity index (χ3n) is 2.97. The van der Waals surface area contributed by atoms with E-state index in [1.54, 1.807) is 16.7 Å². The van der Waals surface area contributed by atoms with Gasteiger partial charge in [0.15, 0.2) is 0 Å². The molecule has 102 valence electrons. The molecule has 20 heavy (non-hydrogen) atoms. The fraction of sp³-hybridized carbons (Fsp3) is 0.0714. The zero-order chi connectivity index (χ0) is 14.3. The van der Waals surface area contributed by atoms with Crippen LogP contribution >= 0.6 is 34.8 Å². The molecule has 0 aliphatic rings. The highest BCUT2D eigenvalue weighted by Crippen LogP contribution is 2.31. The van der Waals surface area contributed by atoms with Crippen molar-refractivity contribution >= 4 is 45.8 Å². The molecule has 1 heterocycles. The van der Waals surface area contributed by atoms with Gasteiger partial charge in [-0.3, -0.25) is 4.57 Å². The van der Waals surface area contributed by atoms with E-state index in [1.807, 2.05) is 12.1 Å². The van der Waals surface area contributed by atoms with Crippen molar-refractivity contribution in [1.82, 2.24) is 9.55 Å². The van der Waals surface area contributed by atoms with Crippen molar-refractivity contribution in [2.24, 2.45) is 0 Å². The van der Waals surface area contributed by atoms with Crippen LogP contribution in [0, 0.1) is 5.82 Å². The first-order valence-electron chi connectivity index (χ1n) is 5.79. The van der Waals surface area contributed by atoms with E-state index in [9.17, 15) is 4.39 Å². The fourth-order valence-electron chi connectivity index (χ4n) is 2.15. The van der Waals surface area contributed by atoms with E-state index >= 15 is 0 Å². The summed E-state index contributed by atoms with van der Waals surface area (Å²) in [4.78, 5) is 4.43. The lowest BCUT2D eigenvalue weighted by atomic mass is 10.2. The second kappa shape index (κ2) is 5.24. The minimum absolute atomic E-state index is 0.193. The van der Waals surface area contributed by atoms with Crippen molar-refractivity contribution in [3.05, 3.63) is 58.1 Å². The van der Waals surface area contributed by atoms with Crippen LogP contribution in [0.4, 0.5) is 4.39 Å². The van der Waals surface area contributed by atoms with Crippen LogP contribution in [-0.4, -0.2) is 9.55 Å². The van der Waals surface area contributed by atoms with Crippen LogP contribution in [0.25, 0.3) is 16.7 Å². The second-order valence-electron chi connectivity index (χ2n) is 4.20. The third-order valence-corrected chi connectivity index (χ3v) is 3.81. The van der Waals surface area contributed by atoms with Gasteiger partial charge < -0.3 is 0 Å². The molecule has 0 N–H and O–H groups in total. The maximum absolute atomic E-state index is 13.2. The minimum Gasteiger partial charge on any atom is -0.292 e. The van der Waals surface area contributed by atoms with Crippen LogP contribution in [0.1, 0.15) is 5.82 Å². The summed E-state index contributed by atoms with van der Waals surface area (Å²) in [5.74, 6) is 0.392. The van der Waals surface area contributed by atoms with E-state index in [2.05, 4.69) is 4.98 Å². The molecule has 0 unspecified atom stereocenters. The van der Waals surface area contributed by atoms with Gasteiger partial charge in [0.2, 0.25) is 0 Å². The molecule has 3 aromatic rings. The molecule has 0 saturated carbocycles. The van der Waals surface area contributed by atoms with E-state index < -0.39 is 5.82 Å². The molecule has 3 rings (SSSR count). The first-order chi connectivity index (χ1) is 9.61. The van der Waals surface area contributed by atoms with Crippen LogP contribution in [0.2, 0.25) is 10.0 Å². The Hall–Kier alpha value is -1.29. The molecular weight excluding hydrogens is 322 g/mol. The highest BCUT2D eigenvalue weighted by molar-refractivity contribution is 6.35. The molecule has 6 heteroatoms. The van der Waals surface area contributed by atoms with Crippen molar-refractivity contribution in [2.45, 2.75) is 5.88 Å². The first kappa shape index (κ1) is 13.7. The summed E-state index contributed by atoms with van der Waals surface area (Å²) in [6, 6.07) is 9.58. The number of hydrogen-bond donors (Lipinski definition) is 0. The van der Waals surface area contributed by atoms with E-state index in [1.165, 1.54) is 12.1 Å². The molecule has 0 aliphatic heterocycles. The normalized spacial score (nSPS) is 11.2. The van der Waals surface area contributed by atoms with Gasteiger partial charge >= 0.3 is 0 Å². The van der Waals surface area contributed by atoms with Gasteiger partial charge in [0, 0.05) is 0 Å². The molecule has 0 spiro atoms. The molecule has 0 fully saturated rings. The van der Waals surface area contributed by atoms with Gasteiger partial charge in [-0.05, 0) is 30.3 Å². The molecule has 0 amide bonds. The lowest BCUT2D eigenvalue weighted by Gasteiger charge is -2.10. The predicted octanol–water partition coefficient (Wildman–Crippen LogP) is 5.21. The van der Waals surface area contributed by atoms with Gasteiger partial charge in [0.1, 0.15) is 11.6 Å². The number of halogens is 4. The quantitative estimate of drug-likeness (QED) is 0.590. The lowest BCUT2D eigenvalue weighted by molar-refractivity contribution is 0.627. The number of nitrogens with zero attached hydrogens (tertiary/aromatic N) is 2. The maximum Gasteiger partial charge on any atom is 0.129 e. The summed E-state index contributed by atoms with van der Waals surface area (Å²) >= 11 is 18.3. The van der Waals surface area contributed by atoms with Crippen LogP contribution in [-0.2, 0) is 5.88 Å². The lowest BCUT2D eigenvalue weighted by Crippen LogP contribution is -2.00. The van der Waals surface area contributed by atoms with E-state index in [0.717, 1.165) is 0 Å². The summed E-state index contributed by atoms with van der Waals surface area (Å²) < 4.78 is 15.0. The first-order valence-corrected chi connectivity index (χ1v) is 7.08. The monoisotopic (exact) mass is 328 g/mol. The molecule has 2 aromatic carbocycles. The number of rotatable bonds is 2. The van der Waals surface area contributed by atoms with Gasteiger partial charge in [-0.1, -0.05) is 29.3 Å².